The molecule has 1 N–H and O–H groups in total. The number of carbonyl (C=O) groups is 2. The Bertz CT molecular complexity index is 866. The highest BCUT2D eigenvalue weighted by Gasteiger charge is 2.27. The molecule has 1 saturated heterocycles. The zero-order valence-corrected chi connectivity index (χ0v) is 17.5. The quantitative estimate of drug-likeness (QED) is 0.835. The maximum absolute atomic E-state index is 12.6. The van der Waals surface area contributed by atoms with Crippen molar-refractivity contribution in [3.8, 4) is 5.75 Å². The molecule has 0 bridgehead atoms. The summed E-state index contributed by atoms with van der Waals surface area (Å²) in [6.45, 7) is 3.52. The summed E-state index contributed by atoms with van der Waals surface area (Å²) < 4.78 is 5.22. The SMILES string of the molecule is COc1cccc(CNC(=O)c2nc3c(s2)CCN(C(=O)N2CCCC2)CC3)c1. The molecule has 1 aromatic carbocycles. The first kappa shape index (κ1) is 19.7. The number of thiazole rings is 1. The number of amides is 3. The topological polar surface area (TPSA) is 74.8 Å². The average Bonchev–Trinajstić information content (AvgIpc) is 3.39. The van der Waals surface area contributed by atoms with Crippen LogP contribution in [0.5, 0.6) is 5.75 Å². The Hall–Kier alpha value is -2.61. The fourth-order valence-corrected chi connectivity index (χ4v) is 4.81. The predicted octanol–water partition coefficient (Wildman–Crippen LogP) is 2.70. The van der Waals surface area contributed by atoms with Gasteiger partial charge in [0.15, 0.2) is 5.01 Å². The molecule has 2 aromatic rings. The van der Waals surface area contributed by atoms with Gasteiger partial charge in [0.2, 0.25) is 0 Å². The third-order valence-corrected chi connectivity index (χ3v) is 6.59. The summed E-state index contributed by atoms with van der Waals surface area (Å²) in [6.07, 6.45) is 3.66. The maximum atomic E-state index is 12.6. The molecule has 8 heteroatoms. The van der Waals surface area contributed by atoms with Crippen molar-refractivity contribution in [1.29, 1.82) is 0 Å². The van der Waals surface area contributed by atoms with E-state index in [4.69, 9.17) is 4.74 Å². The van der Waals surface area contributed by atoms with Gasteiger partial charge in [0.05, 0.1) is 12.8 Å². The van der Waals surface area contributed by atoms with Gasteiger partial charge in [-0.3, -0.25) is 4.79 Å². The Kier molecular flexibility index (Phi) is 5.99. The van der Waals surface area contributed by atoms with Crippen molar-refractivity contribution in [2.24, 2.45) is 0 Å². The molecule has 1 fully saturated rings. The first-order chi connectivity index (χ1) is 14.1. The average molecular weight is 415 g/mol. The van der Waals surface area contributed by atoms with E-state index in [2.05, 4.69) is 10.3 Å². The molecule has 29 heavy (non-hydrogen) atoms. The van der Waals surface area contributed by atoms with Crippen LogP contribution < -0.4 is 10.1 Å². The number of fused-ring (bicyclic) bond motifs is 1. The molecule has 0 radical (unpaired) electrons. The van der Waals surface area contributed by atoms with Crippen molar-refractivity contribution in [3.05, 3.63) is 45.4 Å². The van der Waals surface area contributed by atoms with Crippen LogP contribution in [-0.2, 0) is 19.4 Å². The lowest BCUT2D eigenvalue weighted by molar-refractivity contribution is 0.0950. The summed E-state index contributed by atoms with van der Waals surface area (Å²) in [5.74, 6) is 0.613. The number of nitrogens with one attached hydrogen (secondary N) is 1. The smallest absolute Gasteiger partial charge is 0.320 e. The van der Waals surface area contributed by atoms with Gasteiger partial charge in [0.1, 0.15) is 5.75 Å². The van der Waals surface area contributed by atoms with Gasteiger partial charge >= 0.3 is 6.03 Å². The van der Waals surface area contributed by atoms with Gasteiger partial charge in [-0.1, -0.05) is 12.1 Å². The predicted molar refractivity (Wildman–Crippen MR) is 111 cm³/mol. The highest BCUT2D eigenvalue weighted by molar-refractivity contribution is 7.13. The van der Waals surface area contributed by atoms with Crippen LogP contribution in [0.25, 0.3) is 0 Å². The largest absolute Gasteiger partial charge is 0.497 e. The second-order valence-corrected chi connectivity index (χ2v) is 8.47. The van der Waals surface area contributed by atoms with Crippen LogP contribution in [0.3, 0.4) is 0 Å². The van der Waals surface area contributed by atoms with E-state index >= 15 is 0 Å². The highest BCUT2D eigenvalue weighted by atomic mass is 32.1. The second kappa shape index (κ2) is 8.82. The van der Waals surface area contributed by atoms with E-state index in [0.29, 0.717) is 31.1 Å². The Balaban J connectivity index is 1.34. The Labute approximate surface area is 174 Å². The molecule has 0 atom stereocenters. The van der Waals surface area contributed by atoms with E-state index in [9.17, 15) is 9.59 Å². The molecule has 2 aliphatic heterocycles. The minimum atomic E-state index is -0.157. The lowest BCUT2D eigenvalue weighted by atomic mass is 10.2. The standard InChI is InChI=1S/C21H26N4O3S/c1-28-16-6-4-5-15(13-16)14-22-19(26)20-23-17-7-11-25(12-8-18(17)29-20)21(27)24-9-2-3-10-24/h4-6,13H,2-3,7-12,14H2,1H3,(H,22,26). The molecule has 1 aromatic heterocycles. The van der Waals surface area contributed by atoms with Gasteiger partial charge < -0.3 is 19.9 Å². The van der Waals surface area contributed by atoms with E-state index in [1.165, 1.54) is 11.3 Å². The molecule has 7 nitrogen and oxygen atoms in total. The van der Waals surface area contributed by atoms with Crippen molar-refractivity contribution >= 4 is 23.3 Å². The van der Waals surface area contributed by atoms with Gasteiger partial charge in [-0.05, 0) is 30.5 Å². The van der Waals surface area contributed by atoms with Gasteiger partial charge in [-0.15, -0.1) is 11.3 Å². The van der Waals surface area contributed by atoms with Crippen LogP contribution >= 0.6 is 11.3 Å². The number of ether oxygens (including phenoxy) is 1. The van der Waals surface area contributed by atoms with Crippen LogP contribution in [0.15, 0.2) is 24.3 Å². The number of carbonyl (C=O) groups excluding carboxylic acids is 2. The molecule has 2 aliphatic rings. The Morgan fingerprint density at radius 1 is 1.14 bits per heavy atom. The Morgan fingerprint density at radius 3 is 2.69 bits per heavy atom. The summed E-state index contributed by atoms with van der Waals surface area (Å²) in [5.41, 5.74) is 1.94. The van der Waals surface area contributed by atoms with Gasteiger partial charge in [0, 0.05) is 50.4 Å². The van der Waals surface area contributed by atoms with Crippen molar-refractivity contribution in [3.63, 3.8) is 0 Å². The Morgan fingerprint density at radius 2 is 1.90 bits per heavy atom. The second-order valence-electron chi connectivity index (χ2n) is 7.39. The van der Waals surface area contributed by atoms with Gasteiger partial charge in [-0.2, -0.15) is 0 Å². The van der Waals surface area contributed by atoms with E-state index in [0.717, 1.165) is 54.2 Å². The first-order valence-corrected chi connectivity index (χ1v) is 10.9. The number of hydrogen-bond donors (Lipinski definition) is 1. The summed E-state index contributed by atoms with van der Waals surface area (Å²) in [5, 5.41) is 3.44. The summed E-state index contributed by atoms with van der Waals surface area (Å²) >= 11 is 1.45. The molecule has 154 valence electrons. The van der Waals surface area contributed by atoms with Crippen LogP contribution in [0, 0.1) is 0 Å². The van der Waals surface area contributed by atoms with Crippen molar-refractivity contribution in [1.82, 2.24) is 20.1 Å². The number of nitrogens with zero attached hydrogens (tertiary/aromatic N) is 3. The van der Waals surface area contributed by atoms with E-state index < -0.39 is 0 Å². The van der Waals surface area contributed by atoms with E-state index in [-0.39, 0.29) is 11.9 Å². The van der Waals surface area contributed by atoms with Gasteiger partial charge in [-0.25, -0.2) is 9.78 Å². The zero-order valence-electron chi connectivity index (χ0n) is 16.6. The molecule has 0 spiro atoms. The zero-order chi connectivity index (χ0) is 20.2. The molecule has 0 unspecified atom stereocenters. The fourth-order valence-electron chi connectivity index (χ4n) is 3.80. The van der Waals surface area contributed by atoms with Crippen LogP contribution in [-0.4, -0.2) is 60.0 Å². The lowest BCUT2D eigenvalue weighted by Gasteiger charge is -2.26. The van der Waals surface area contributed by atoms with E-state index in [1.807, 2.05) is 34.1 Å². The number of benzene rings is 1. The van der Waals surface area contributed by atoms with Gasteiger partial charge in [0.25, 0.3) is 5.91 Å². The normalized spacial score (nSPS) is 16.3. The van der Waals surface area contributed by atoms with Crippen LogP contribution in [0.1, 0.15) is 38.8 Å². The molecule has 0 saturated carbocycles. The molecule has 3 amide bonds. The summed E-state index contributed by atoms with van der Waals surface area (Å²) in [7, 11) is 1.63. The summed E-state index contributed by atoms with van der Waals surface area (Å²) in [6, 6.07) is 7.78. The van der Waals surface area contributed by atoms with E-state index in [1.54, 1.807) is 7.11 Å². The van der Waals surface area contributed by atoms with Crippen LogP contribution in [0.2, 0.25) is 0 Å². The molecule has 4 rings (SSSR count). The number of aromatic nitrogens is 1. The molecular formula is C21H26N4O3S. The lowest BCUT2D eigenvalue weighted by Crippen LogP contribution is -2.43. The monoisotopic (exact) mass is 414 g/mol. The highest BCUT2D eigenvalue weighted by Crippen LogP contribution is 2.24. The summed E-state index contributed by atoms with van der Waals surface area (Å²) in [4.78, 5) is 34.8. The molecular weight excluding hydrogens is 388 g/mol. The van der Waals surface area contributed by atoms with Crippen molar-refractivity contribution in [2.75, 3.05) is 33.3 Å². The minimum Gasteiger partial charge on any atom is -0.497 e. The minimum absolute atomic E-state index is 0.147. The number of urea groups is 1. The molecule has 0 aliphatic carbocycles. The third-order valence-electron chi connectivity index (χ3n) is 5.43. The first-order valence-electron chi connectivity index (χ1n) is 10.1. The maximum Gasteiger partial charge on any atom is 0.320 e. The number of likely N-dealkylation sites (tertiary alicyclic amines) is 1. The van der Waals surface area contributed by atoms with Crippen molar-refractivity contribution < 1.29 is 14.3 Å². The molecule has 3 heterocycles. The van der Waals surface area contributed by atoms with Crippen LogP contribution in [0.4, 0.5) is 4.79 Å². The fraction of sp³-hybridized carbons (Fsp3) is 0.476. The third kappa shape index (κ3) is 4.53. The number of hydrogen-bond acceptors (Lipinski definition) is 5. The number of rotatable bonds is 4. The number of methoxy groups -OCH3 is 1. The van der Waals surface area contributed by atoms with Crippen molar-refractivity contribution in [2.45, 2.75) is 32.2 Å².